The molecule has 0 saturated carbocycles. The van der Waals surface area contributed by atoms with E-state index in [0.717, 1.165) is 6.54 Å². The zero-order chi connectivity index (χ0) is 11.4. The zero-order valence-corrected chi connectivity index (χ0v) is 9.84. The number of rotatable bonds is 3. The Morgan fingerprint density at radius 3 is 2.93 bits per heavy atom. The second-order valence-corrected chi connectivity index (χ2v) is 4.02. The Labute approximate surface area is 94.9 Å². The number of amides is 1. The molecule has 15 heavy (non-hydrogen) atoms. The molecule has 0 radical (unpaired) electrons. The van der Waals surface area contributed by atoms with Crippen LogP contribution in [0.1, 0.15) is 6.92 Å². The molecule has 5 nitrogen and oxygen atoms in total. The van der Waals surface area contributed by atoms with E-state index >= 15 is 0 Å². The lowest BCUT2D eigenvalue weighted by Gasteiger charge is -2.35. The van der Waals surface area contributed by atoms with Gasteiger partial charge in [-0.15, -0.1) is 0 Å². The molecule has 2 unspecified atom stereocenters. The number of carbonyl (C=O) groups is 1. The lowest BCUT2D eigenvalue weighted by molar-refractivity contribution is -0.127. The minimum Gasteiger partial charge on any atom is -0.391 e. The summed E-state index contributed by atoms with van der Waals surface area (Å²) in [4.78, 5) is 13.8. The molecule has 6 heteroatoms. The van der Waals surface area contributed by atoms with Crippen molar-refractivity contribution in [2.24, 2.45) is 5.73 Å². The van der Waals surface area contributed by atoms with E-state index in [1.807, 2.05) is 11.8 Å². The summed E-state index contributed by atoms with van der Waals surface area (Å²) >= 11 is 4.87. The molecule has 0 aromatic heterocycles. The van der Waals surface area contributed by atoms with Gasteiger partial charge in [-0.2, -0.15) is 0 Å². The van der Waals surface area contributed by atoms with Crippen LogP contribution in [0.15, 0.2) is 0 Å². The van der Waals surface area contributed by atoms with Crippen molar-refractivity contribution < 1.29 is 9.53 Å². The molecule has 3 N–H and O–H groups in total. The second kappa shape index (κ2) is 5.39. The second-order valence-electron chi connectivity index (χ2n) is 3.55. The molecule has 1 heterocycles. The fourth-order valence-electron chi connectivity index (χ4n) is 1.57. The maximum Gasteiger partial charge on any atom is 0.236 e. The quantitative estimate of drug-likeness (QED) is 0.617. The smallest absolute Gasteiger partial charge is 0.236 e. The van der Waals surface area contributed by atoms with E-state index in [1.165, 1.54) is 0 Å². The van der Waals surface area contributed by atoms with E-state index in [2.05, 4.69) is 5.32 Å². The molecule has 1 rings (SSSR count). The molecule has 1 aliphatic rings. The predicted molar refractivity (Wildman–Crippen MR) is 61.6 cm³/mol. The average Bonchev–Trinajstić information content (AvgIpc) is 2.27. The Morgan fingerprint density at radius 2 is 2.40 bits per heavy atom. The van der Waals surface area contributed by atoms with E-state index in [-0.39, 0.29) is 18.1 Å². The number of nitrogens with one attached hydrogen (secondary N) is 1. The highest BCUT2D eigenvalue weighted by Gasteiger charge is 2.28. The molecule has 0 aromatic rings. The summed E-state index contributed by atoms with van der Waals surface area (Å²) < 4.78 is 5.39. The fourth-order valence-corrected chi connectivity index (χ4v) is 1.71. The van der Waals surface area contributed by atoms with Crippen LogP contribution in [-0.4, -0.2) is 54.7 Å². The van der Waals surface area contributed by atoms with Gasteiger partial charge in [0.15, 0.2) is 0 Å². The number of carbonyl (C=O) groups excluding carboxylic acids is 1. The fraction of sp³-hybridized carbons (Fsp3) is 0.778. The van der Waals surface area contributed by atoms with E-state index in [1.54, 1.807) is 7.05 Å². The van der Waals surface area contributed by atoms with Crippen LogP contribution in [0.3, 0.4) is 0 Å². The molecule has 0 spiro atoms. The monoisotopic (exact) mass is 231 g/mol. The Balaban J connectivity index is 2.55. The van der Waals surface area contributed by atoms with Crippen molar-refractivity contribution in [3.63, 3.8) is 0 Å². The molecule has 86 valence electrons. The molecular weight excluding hydrogens is 214 g/mol. The van der Waals surface area contributed by atoms with Crippen molar-refractivity contribution in [1.29, 1.82) is 0 Å². The van der Waals surface area contributed by atoms with E-state index < -0.39 is 0 Å². The van der Waals surface area contributed by atoms with Crippen LogP contribution in [-0.2, 0) is 9.53 Å². The van der Waals surface area contributed by atoms with Gasteiger partial charge in [0.25, 0.3) is 0 Å². The number of ether oxygens (including phenoxy) is 1. The highest BCUT2D eigenvalue weighted by molar-refractivity contribution is 7.80. The highest BCUT2D eigenvalue weighted by Crippen LogP contribution is 2.09. The third-order valence-electron chi connectivity index (χ3n) is 2.59. The van der Waals surface area contributed by atoms with Crippen molar-refractivity contribution in [1.82, 2.24) is 10.2 Å². The van der Waals surface area contributed by atoms with Crippen LogP contribution >= 0.6 is 12.2 Å². The van der Waals surface area contributed by atoms with E-state index in [0.29, 0.717) is 18.1 Å². The zero-order valence-electron chi connectivity index (χ0n) is 9.03. The summed E-state index contributed by atoms with van der Waals surface area (Å²) in [6.07, 6.45) is -0.235. The molecule has 2 atom stereocenters. The van der Waals surface area contributed by atoms with Gasteiger partial charge < -0.3 is 15.8 Å². The molecule has 0 bridgehead atoms. The first-order valence-corrected chi connectivity index (χ1v) is 5.33. The average molecular weight is 231 g/mol. The Kier molecular flexibility index (Phi) is 4.44. The first kappa shape index (κ1) is 12.4. The topological polar surface area (TPSA) is 67.6 Å². The van der Waals surface area contributed by atoms with Crippen LogP contribution in [0, 0.1) is 0 Å². The number of hydrogen-bond acceptors (Lipinski definition) is 4. The van der Waals surface area contributed by atoms with Crippen molar-refractivity contribution >= 4 is 23.1 Å². The lowest BCUT2D eigenvalue weighted by Crippen LogP contribution is -2.54. The molecule has 0 aromatic carbocycles. The largest absolute Gasteiger partial charge is 0.391 e. The Bertz CT molecular complexity index is 260. The van der Waals surface area contributed by atoms with Gasteiger partial charge in [-0.3, -0.25) is 9.69 Å². The SMILES string of the molecule is CNC(=O)C(C)N1CCOC(C(N)=S)C1. The van der Waals surface area contributed by atoms with Gasteiger partial charge in [-0.1, -0.05) is 12.2 Å². The van der Waals surface area contributed by atoms with Gasteiger partial charge in [-0.05, 0) is 6.92 Å². The summed E-state index contributed by atoms with van der Waals surface area (Å²) in [6.45, 7) is 3.74. The Morgan fingerprint density at radius 1 is 1.73 bits per heavy atom. The maximum atomic E-state index is 11.4. The number of nitrogens with zero attached hydrogens (tertiary/aromatic N) is 1. The minimum absolute atomic E-state index is 0.00131. The van der Waals surface area contributed by atoms with Crippen molar-refractivity contribution in [3.05, 3.63) is 0 Å². The predicted octanol–water partition coefficient (Wildman–Crippen LogP) is -0.892. The summed E-state index contributed by atoms with van der Waals surface area (Å²) in [5.74, 6) is -0.00131. The molecule has 1 saturated heterocycles. The third-order valence-corrected chi connectivity index (χ3v) is 2.85. The standard InChI is InChI=1S/C9H17N3O2S/c1-6(9(13)11-2)12-3-4-14-7(5-12)8(10)15/h6-7H,3-5H2,1-2H3,(H2,10,15)(H,11,13). The summed E-state index contributed by atoms with van der Waals surface area (Å²) in [7, 11) is 1.63. The molecule has 1 amide bonds. The van der Waals surface area contributed by atoms with Crippen molar-refractivity contribution in [3.8, 4) is 0 Å². The molecular formula is C9H17N3O2S. The number of hydrogen-bond donors (Lipinski definition) is 2. The van der Waals surface area contributed by atoms with Crippen LogP contribution < -0.4 is 11.1 Å². The number of thiocarbonyl (C=S) groups is 1. The van der Waals surface area contributed by atoms with Crippen molar-refractivity contribution in [2.45, 2.75) is 19.1 Å². The maximum absolute atomic E-state index is 11.4. The van der Waals surface area contributed by atoms with Gasteiger partial charge >= 0.3 is 0 Å². The molecule has 1 aliphatic heterocycles. The van der Waals surface area contributed by atoms with Gasteiger partial charge in [0.2, 0.25) is 5.91 Å². The van der Waals surface area contributed by atoms with Gasteiger partial charge in [0.05, 0.1) is 12.6 Å². The van der Waals surface area contributed by atoms with Crippen LogP contribution in [0.2, 0.25) is 0 Å². The minimum atomic E-state index is -0.235. The van der Waals surface area contributed by atoms with Gasteiger partial charge in [0.1, 0.15) is 11.1 Å². The van der Waals surface area contributed by atoms with Gasteiger partial charge in [-0.25, -0.2) is 0 Å². The first-order valence-electron chi connectivity index (χ1n) is 4.92. The molecule has 0 aliphatic carbocycles. The van der Waals surface area contributed by atoms with Crippen LogP contribution in [0.5, 0.6) is 0 Å². The Hall–Kier alpha value is -0.720. The third kappa shape index (κ3) is 3.12. The first-order chi connectivity index (χ1) is 7.06. The lowest BCUT2D eigenvalue weighted by atomic mass is 10.2. The molecule has 1 fully saturated rings. The van der Waals surface area contributed by atoms with Crippen molar-refractivity contribution in [2.75, 3.05) is 26.7 Å². The normalized spacial score (nSPS) is 24.5. The van der Waals surface area contributed by atoms with E-state index in [4.69, 9.17) is 22.7 Å². The number of morpholine rings is 1. The summed E-state index contributed by atoms with van der Waals surface area (Å²) in [5, 5.41) is 2.62. The summed E-state index contributed by atoms with van der Waals surface area (Å²) in [6, 6.07) is -0.171. The van der Waals surface area contributed by atoms with Gasteiger partial charge in [0, 0.05) is 20.1 Å². The summed E-state index contributed by atoms with van der Waals surface area (Å²) in [5.41, 5.74) is 5.52. The highest BCUT2D eigenvalue weighted by atomic mass is 32.1. The van der Waals surface area contributed by atoms with Crippen LogP contribution in [0.25, 0.3) is 0 Å². The van der Waals surface area contributed by atoms with Crippen LogP contribution in [0.4, 0.5) is 0 Å². The number of likely N-dealkylation sites (N-methyl/N-ethyl adjacent to an activating group) is 1. The number of nitrogens with two attached hydrogens (primary N) is 1. The van der Waals surface area contributed by atoms with E-state index in [9.17, 15) is 4.79 Å².